The van der Waals surface area contributed by atoms with Crippen molar-refractivity contribution >= 4 is 28.3 Å². The molecule has 0 aliphatic heterocycles. The molecule has 2 N–H and O–H groups in total. The molecule has 0 spiro atoms. The Morgan fingerprint density at radius 3 is 2.53 bits per heavy atom. The molecule has 0 amide bonds. The van der Waals surface area contributed by atoms with Crippen molar-refractivity contribution in [2.45, 2.75) is 6.54 Å². The highest BCUT2D eigenvalue weighted by molar-refractivity contribution is 14.1. The maximum absolute atomic E-state index is 13.1. The van der Waals surface area contributed by atoms with Crippen LogP contribution < -0.4 is 5.32 Å². The summed E-state index contributed by atoms with van der Waals surface area (Å²) in [5, 5.41) is 12.6. The minimum Gasteiger partial charge on any atom is -0.505 e. The smallest absolute Gasteiger partial charge is 0.165 e. The van der Waals surface area contributed by atoms with Gasteiger partial charge in [0.15, 0.2) is 11.6 Å². The Morgan fingerprint density at radius 1 is 1.12 bits per heavy atom. The Bertz CT molecular complexity index is 513. The summed E-state index contributed by atoms with van der Waals surface area (Å²) in [5.41, 5.74) is 1.48. The average molecular weight is 343 g/mol. The minimum absolute atomic E-state index is 0.287. The zero-order chi connectivity index (χ0) is 12.3. The van der Waals surface area contributed by atoms with Gasteiger partial charge in [-0.25, -0.2) is 4.39 Å². The van der Waals surface area contributed by atoms with E-state index in [1.807, 2.05) is 24.3 Å². The first-order chi connectivity index (χ1) is 8.16. The molecule has 0 aliphatic rings. The molecule has 0 radical (unpaired) electrons. The molecule has 2 nitrogen and oxygen atoms in total. The molecule has 0 heterocycles. The van der Waals surface area contributed by atoms with E-state index in [0.717, 1.165) is 9.26 Å². The van der Waals surface area contributed by atoms with Crippen LogP contribution in [0.5, 0.6) is 5.75 Å². The van der Waals surface area contributed by atoms with Gasteiger partial charge in [-0.1, -0.05) is 12.1 Å². The molecule has 0 saturated carbocycles. The molecule has 0 aliphatic carbocycles. The van der Waals surface area contributed by atoms with Crippen LogP contribution in [0.25, 0.3) is 0 Å². The topological polar surface area (TPSA) is 32.3 Å². The predicted octanol–water partition coefficient (Wildman–Crippen LogP) is 3.75. The summed E-state index contributed by atoms with van der Waals surface area (Å²) < 4.78 is 14.2. The number of hydrogen-bond acceptors (Lipinski definition) is 2. The maximum Gasteiger partial charge on any atom is 0.165 e. The van der Waals surface area contributed by atoms with Crippen LogP contribution in [0.15, 0.2) is 42.5 Å². The first kappa shape index (κ1) is 12.2. The van der Waals surface area contributed by atoms with Gasteiger partial charge in [-0.2, -0.15) is 0 Å². The van der Waals surface area contributed by atoms with Crippen LogP contribution >= 0.6 is 22.6 Å². The second-order valence-corrected chi connectivity index (χ2v) is 4.85. The molecule has 0 aromatic heterocycles. The Morgan fingerprint density at radius 2 is 1.82 bits per heavy atom. The number of phenols is 1. The summed E-state index contributed by atoms with van der Waals surface area (Å²) in [7, 11) is 0. The lowest BCUT2D eigenvalue weighted by Crippen LogP contribution is -2.00. The van der Waals surface area contributed by atoms with Gasteiger partial charge in [0.2, 0.25) is 0 Å². The van der Waals surface area contributed by atoms with Crippen LogP contribution in [0.4, 0.5) is 10.1 Å². The van der Waals surface area contributed by atoms with E-state index in [1.54, 1.807) is 12.1 Å². The molecule has 4 heteroatoms. The third-order valence-corrected chi connectivity index (χ3v) is 3.12. The van der Waals surface area contributed by atoms with Gasteiger partial charge in [-0.3, -0.25) is 0 Å². The summed E-state index contributed by atoms with van der Waals surface area (Å²) in [6.45, 7) is 0.393. The molecular weight excluding hydrogens is 332 g/mol. The normalized spacial score (nSPS) is 10.2. The van der Waals surface area contributed by atoms with Crippen molar-refractivity contribution in [1.29, 1.82) is 0 Å². The van der Waals surface area contributed by atoms with Crippen LogP contribution in [0.1, 0.15) is 5.56 Å². The molecule has 2 aromatic carbocycles. The van der Waals surface area contributed by atoms with E-state index in [0.29, 0.717) is 12.1 Å². The Kier molecular flexibility index (Phi) is 3.83. The number of nitrogens with one attached hydrogen (secondary N) is 1. The summed E-state index contributed by atoms with van der Waals surface area (Å²) in [4.78, 5) is 0. The van der Waals surface area contributed by atoms with Crippen LogP contribution in [0.3, 0.4) is 0 Å². The molecule has 88 valence electrons. The number of hydrogen-bond donors (Lipinski definition) is 2. The summed E-state index contributed by atoms with van der Waals surface area (Å²) in [6.07, 6.45) is 0. The maximum atomic E-state index is 13.1. The van der Waals surface area contributed by atoms with Crippen molar-refractivity contribution in [3.63, 3.8) is 0 Å². The molecule has 0 atom stereocenters. The van der Waals surface area contributed by atoms with E-state index in [1.165, 1.54) is 6.07 Å². The molecule has 2 aromatic rings. The zero-order valence-electron chi connectivity index (χ0n) is 8.95. The fourth-order valence-corrected chi connectivity index (χ4v) is 1.83. The summed E-state index contributed by atoms with van der Waals surface area (Å²) >= 11 is 2.23. The molecule has 0 bridgehead atoms. The van der Waals surface area contributed by atoms with Gasteiger partial charge < -0.3 is 10.4 Å². The van der Waals surface area contributed by atoms with Crippen molar-refractivity contribution in [1.82, 2.24) is 0 Å². The van der Waals surface area contributed by atoms with Crippen molar-refractivity contribution in [2.24, 2.45) is 0 Å². The number of aromatic hydroxyl groups is 1. The Labute approximate surface area is 113 Å². The van der Waals surface area contributed by atoms with Crippen LogP contribution in [0.2, 0.25) is 0 Å². The fraction of sp³-hybridized carbons (Fsp3) is 0.0769. The molecule has 0 fully saturated rings. The Balaban J connectivity index is 2.07. The van der Waals surface area contributed by atoms with Gasteiger partial charge in [-0.05, 0) is 52.9 Å². The third kappa shape index (κ3) is 3.09. The van der Waals surface area contributed by atoms with E-state index in [4.69, 9.17) is 0 Å². The van der Waals surface area contributed by atoms with E-state index in [9.17, 15) is 9.50 Å². The minimum atomic E-state index is -0.591. The number of halogens is 2. The highest BCUT2D eigenvalue weighted by atomic mass is 127. The average Bonchev–Trinajstić information content (AvgIpc) is 2.33. The first-order valence-corrected chi connectivity index (χ1v) is 6.20. The van der Waals surface area contributed by atoms with E-state index in [2.05, 4.69) is 27.9 Å². The van der Waals surface area contributed by atoms with E-state index < -0.39 is 5.82 Å². The van der Waals surface area contributed by atoms with Crippen molar-refractivity contribution in [3.05, 3.63) is 57.4 Å². The third-order valence-electron chi connectivity index (χ3n) is 2.40. The van der Waals surface area contributed by atoms with Crippen LogP contribution in [-0.2, 0) is 6.54 Å². The summed E-state index contributed by atoms with van der Waals surface area (Å²) in [6, 6.07) is 12.4. The molecule has 0 saturated heterocycles. The van der Waals surface area contributed by atoms with Gasteiger partial charge in [-0.15, -0.1) is 0 Å². The number of anilines is 1. The van der Waals surface area contributed by atoms with Crippen molar-refractivity contribution in [3.8, 4) is 5.75 Å². The molecule has 17 heavy (non-hydrogen) atoms. The van der Waals surface area contributed by atoms with Gasteiger partial charge in [0, 0.05) is 21.4 Å². The Hall–Kier alpha value is -1.30. The fourth-order valence-electron chi connectivity index (χ4n) is 1.47. The second kappa shape index (κ2) is 5.35. The lowest BCUT2D eigenvalue weighted by molar-refractivity contribution is 0.427. The standard InChI is InChI=1S/C13H11FINO/c14-12-3-1-2-9(13(12)17)8-16-11-6-4-10(15)5-7-11/h1-7,16-17H,8H2. The number of rotatable bonds is 3. The predicted molar refractivity (Wildman–Crippen MR) is 74.6 cm³/mol. The highest BCUT2D eigenvalue weighted by Crippen LogP contribution is 2.21. The number of para-hydroxylation sites is 1. The molecule has 0 unspecified atom stereocenters. The van der Waals surface area contributed by atoms with Gasteiger partial charge in [0.25, 0.3) is 0 Å². The lowest BCUT2D eigenvalue weighted by Gasteiger charge is -2.08. The molecular formula is C13H11FINO. The SMILES string of the molecule is Oc1c(F)cccc1CNc1ccc(I)cc1. The largest absolute Gasteiger partial charge is 0.505 e. The van der Waals surface area contributed by atoms with Crippen LogP contribution in [-0.4, -0.2) is 5.11 Å². The zero-order valence-corrected chi connectivity index (χ0v) is 11.1. The summed E-state index contributed by atoms with van der Waals surface area (Å²) in [5.74, 6) is -0.877. The quantitative estimate of drug-likeness (QED) is 0.832. The lowest BCUT2D eigenvalue weighted by atomic mass is 10.2. The number of phenolic OH excluding ortho intramolecular Hbond substituents is 1. The second-order valence-electron chi connectivity index (χ2n) is 3.61. The van der Waals surface area contributed by atoms with Crippen molar-refractivity contribution in [2.75, 3.05) is 5.32 Å². The molecule has 2 rings (SSSR count). The van der Waals surface area contributed by atoms with E-state index >= 15 is 0 Å². The van der Waals surface area contributed by atoms with Gasteiger partial charge >= 0.3 is 0 Å². The van der Waals surface area contributed by atoms with Gasteiger partial charge in [0.05, 0.1) is 0 Å². The van der Waals surface area contributed by atoms with Crippen LogP contribution in [0, 0.1) is 9.39 Å². The number of benzene rings is 2. The van der Waals surface area contributed by atoms with E-state index in [-0.39, 0.29) is 5.75 Å². The van der Waals surface area contributed by atoms with Gasteiger partial charge in [0.1, 0.15) is 0 Å². The highest BCUT2D eigenvalue weighted by Gasteiger charge is 2.05. The monoisotopic (exact) mass is 343 g/mol. The first-order valence-electron chi connectivity index (χ1n) is 5.12. The van der Waals surface area contributed by atoms with Crippen molar-refractivity contribution < 1.29 is 9.50 Å².